The topological polar surface area (TPSA) is 106 Å². The summed E-state index contributed by atoms with van der Waals surface area (Å²) in [6.07, 6.45) is 4.28. The lowest BCUT2D eigenvalue weighted by Crippen LogP contribution is -2.53. The van der Waals surface area contributed by atoms with E-state index in [0.717, 1.165) is 67.6 Å². The van der Waals surface area contributed by atoms with E-state index < -0.39 is 12.2 Å². The van der Waals surface area contributed by atoms with Crippen molar-refractivity contribution < 1.29 is 24.2 Å². The number of anilines is 1. The zero-order valence-electron chi connectivity index (χ0n) is 26.4. The van der Waals surface area contributed by atoms with Crippen molar-refractivity contribution in [2.75, 3.05) is 51.1 Å². The van der Waals surface area contributed by atoms with Crippen LogP contribution in [-0.2, 0) is 22.4 Å². The van der Waals surface area contributed by atoms with E-state index in [1.165, 1.54) is 0 Å². The van der Waals surface area contributed by atoms with Crippen molar-refractivity contribution in [1.29, 1.82) is 0 Å². The third-order valence-corrected chi connectivity index (χ3v) is 10.1. The van der Waals surface area contributed by atoms with Gasteiger partial charge < -0.3 is 34.8 Å². The van der Waals surface area contributed by atoms with Crippen LogP contribution in [0, 0.1) is 6.92 Å². The summed E-state index contributed by atoms with van der Waals surface area (Å²) in [7, 11) is 0. The largest absolute Gasteiger partial charge is 0.436 e. The van der Waals surface area contributed by atoms with Crippen LogP contribution in [0.2, 0.25) is 0 Å². The van der Waals surface area contributed by atoms with E-state index in [2.05, 4.69) is 16.3 Å². The average molecular weight is 618 g/mol. The molecule has 45 heavy (non-hydrogen) atoms. The Morgan fingerprint density at radius 3 is 2.29 bits per heavy atom. The molecular weight excluding hydrogens is 570 g/mol. The molecule has 0 radical (unpaired) electrons. The molecule has 4 heterocycles. The highest BCUT2D eigenvalue weighted by molar-refractivity contribution is 5.91. The van der Waals surface area contributed by atoms with Crippen molar-refractivity contribution >= 4 is 23.7 Å². The van der Waals surface area contributed by atoms with Crippen molar-refractivity contribution in [3.05, 3.63) is 65.2 Å². The van der Waals surface area contributed by atoms with Crippen LogP contribution < -0.4 is 5.32 Å². The van der Waals surface area contributed by atoms with Gasteiger partial charge in [-0.3, -0.25) is 4.79 Å². The molecule has 4 aliphatic rings. The number of likely N-dealkylation sites (tertiary alicyclic amines) is 3. The molecule has 0 spiro atoms. The lowest BCUT2D eigenvalue weighted by Gasteiger charge is -2.41. The molecule has 1 atom stereocenters. The Balaban J connectivity index is 1.05. The predicted octanol–water partition coefficient (Wildman–Crippen LogP) is 4.05. The third kappa shape index (κ3) is 7.61. The number of rotatable bonds is 6. The Morgan fingerprint density at radius 1 is 0.867 bits per heavy atom. The van der Waals surface area contributed by atoms with Crippen LogP contribution in [0.4, 0.5) is 15.3 Å². The predicted molar refractivity (Wildman–Crippen MR) is 172 cm³/mol. The first-order valence-corrected chi connectivity index (χ1v) is 16.7. The molecule has 3 fully saturated rings. The fraction of sp³-hybridized carbons (Fsp3) is 0.571. The number of benzene rings is 2. The molecule has 0 aromatic heterocycles. The van der Waals surface area contributed by atoms with Crippen molar-refractivity contribution in [2.45, 2.75) is 82.6 Å². The number of amides is 4. The van der Waals surface area contributed by atoms with Crippen molar-refractivity contribution in [3.8, 4) is 0 Å². The van der Waals surface area contributed by atoms with Crippen LogP contribution in [0.1, 0.15) is 55.2 Å². The van der Waals surface area contributed by atoms with Crippen molar-refractivity contribution in [1.82, 2.24) is 19.6 Å². The van der Waals surface area contributed by atoms with E-state index in [0.29, 0.717) is 58.0 Å². The highest BCUT2D eigenvalue weighted by Gasteiger charge is 2.36. The second kappa shape index (κ2) is 14.2. The Kier molecular flexibility index (Phi) is 9.90. The number of piperidine rings is 3. The molecular formula is C35H47N5O5. The van der Waals surface area contributed by atoms with Gasteiger partial charge in [-0.05, 0) is 69.1 Å². The van der Waals surface area contributed by atoms with Gasteiger partial charge in [-0.2, -0.15) is 0 Å². The second-order valence-corrected chi connectivity index (χ2v) is 13.1. The molecule has 0 unspecified atom stereocenters. The first-order valence-electron chi connectivity index (χ1n) is 16.7. The van der Waals surface area contributed by atoms with Crippen LogP contribution in [0.25, 0.3) is 0 Å². The number of urea groups is 1. The zero-order valence-corrected chi connectivity index (χ0v) is 26.4. The molecule has 3 saturated heterocycles. The van der Waals surface area contributed by atoms with Crippen LogP contribution >= 0.6 is 0 Å². The van der Waals surface area contributed by atoms with Gasteiger partial charge in [0.2, 0.25) is 0 Å². The first-order chi connectivity index (χ1) is 21.8. The lowest BCUT2D eigenvalue weighted by atomic mass is 9.98. The van der Waals surface area contributed by atoms with Gasteiger partial charge in [0.1, 0.15) is 0 Å². The Morgan fingerprint density at radius 2 is 1.56 bits per heavy atom. The van der Waals surface area contributed by atoms with Crippen molar-refractivity contribution in [3.63, 3.8) is 0 Å². The van der Waals surface area contributed by atoms with E-state index in [-0.39, 0.29) is 24.1 Å². The van der Waals surface area contributed by atoms with Gasteiger partial charge in [-0.15, -0.1) is 0 Å². The summed E-state index contributed by atoms with van der Waals surface area (Å²) < 4.78 is 6.03. The second-order valence-electron chi connectivity index (χ2n) is 13.1. The quantitative estimate of drug-likeness (QED) is 0.507. The van der Waals surface area contributed by atoms with Crippen molar-refractivity contribution in [2.24, 2.45) is 0 Å². The molecule has 2 aromatic carbocycles. The van der Waals surface area contributed by atoms with Crippen LogP contribution in [-0.4, -0.2) is 113 Å². The average Bonchev–Trinajstić information content (AvgIpc) is 3.22. The van der Waals surface area contributed by atoms with Gasteiger partial charge in [0.15, 0.2) is 6.10 Å². The molecule has 0 aliphatic carbocycles. The monoisotopic (exact) mass is 617 g/mol. The minimum atomic E-state index is -0.895. The number of para-hydroxylation sites is 1. The maximum atomic E-state index is 13.9. The molecule has 0 saturated carbocycles. The summed E-state index contributed by atoms with van der Waals surface area (Å²) in [6, 6.07) is 16.3. The number of hydrogen-bond acceptors (Lipinski definition) is 6. The normalized spacial score (nSPS) is 21.6. The summed E-state index contributed by atoms with van der Waals surface area (Å²) in [5.41, 5.74) is 4.06. The SMILES string of the molecule is Cc1cccc(C[C@@H](OC(=O)N2CCC(N3CCc4ccccc4NC3=O)CC2)C(=O)N2CCC(N3CCC(O)CC3)CC2)c1. The zero-order chi connectivity index (χ0) is 31.3. The number of nitrogens with zero attached hydrogens (tertiary/aromatic N) is 4. The number of aliphatic hydroxyl groups excluding tert-OH is 1. The summed E-state index contributed by atoms with van der Waals surface area (Å²) in [5.74, 6) is -0.131. The first kappa shape index (κ1) is 31.4. The molecule has 10 nitrogen and oxygen atoms in total. The molecule has 4 aliphatic heterocycles. The smallest absolute Gasteiger partial charge is 0.410 e. The fourth-order valence-corrected chi connectivity index (χ4v) is 7.43. The molecule has 10 heteroatoms. The standard InChI is InChI=1S/C35H47N5O5/c1-25-5-4-6-26(23-25)24-32(33(42)38-16-10-28(11-17-38)37-20-14-30(41)15-21-37)45-35(44)39-18-12-29(13-19-39)40-22-9-27-7-2-3-8-31(27)36-34(40)43/h2-8,23,28-30,32,41H,9-22,24H2,1H3,(H,36,43)/t32-/m1/s1. The van der Waals surface area contributed by atoms with Gasteiger partial charge >= 0.3 is 12.1 Å². The number of nitrogens with one attached hydrogen (secondary N) is 1. The highest BCUT2D eigenvalue weighted by Crippen LogP contribution is 2.26. The van der Waals surface area contributed by atoms with Crippen LogP contribution in [0.3, 0.4) is 0 Å². The van der Waals surface area contributed by atoms with Crippen LogP contribution in [0.15, 0.2) is 48.5 Å². The maximum absolute atomic E-state index is 13.9. The minimum Gasteiger partial charge on any atom is -0.436 e. The number of carbonyl (C=O) groups excluding carboxylic acids is 3. The van der Waals surface area contributed by atoms with Gasteiger partial charge in [-0.1, -0.05) is 48.0 Å². The highest BCUT2D eigenvalue weighted by atomic mass is 16.6. The third-order valence-electron chi connectivity index (χ3n) is 10.1. The number of fused-ring (bicyclic) bond motifs is 1. The lowest BCUT2D eigenvalue weighted by molar-refractivity contribution is -0.142. The molecule has 2 aromatic rings. The molecule has 0 bridgehead atoms. The van der Waals surface area contributed by atoms with Gasteiger partial charge in [0.25, 0.3) is 5.91 Å². The number of aliphatic hydroxyl groups is 1. The van der Waals surface area contributed by atoms with Crippen LogP contribution in [0.5, 0.6) is 0 Å². The molecule has 6 rings (SSSR count). The number of hydrogen-bond donors (Lipinski definition) is 2. The summed E-state index contributed by atoms with van der Waals surface area (Å²) >= 11 is 0. The Hall–Kier alpha value is -3.63. The van der Waals surface area contributed by atoms with E-state index >= 15 is 0 Å². The van der Waals surface area contributed by atoms with E-state index in [4.69, 9.17) is 4.74 Å². The summed E-state index contributed by atoms with van der Waals surface area (Å²) in [4.78, 5) is 48.3. The van der Waals surface area contributed by atoms with E-state index in [1.54, 1.807) is 4.90 Å². The van der Waals surface area contributed by atoms with Gasteiger partial charge in [0.05, 0.1) is 6.10 Å². The number of aryl methyl sites for hydroxylation is 1. The molecule has 2 N–H and O–H groups in total. The number of carbonyl (C=O) groups is 3. The van der Waals surface area contributed by atoms with Gasteiger partial charge in [-0.25, -0.2) is 9.59 Å². The molecule has 4 amide bonds. The number of ether oxygens (including phenoxy) is 1. The molecule has 242 valence electrons. The summed E-state index contributed by atoms with van der Waals surface area (Å²) in [6.45, 7) is 6.68. The van der Waals surface area contributed by atoms with E-state index in [1.807, 2.05) is 59.2 Å². The Labute approximate surface area is 266 Å². The Bertz CT molecular complexity index is 1350. The maximum Gasteiger partial charge on any atom is 0.410 e. The van der Waals surface area contributed by atoms with Gasteiger partial charge in [0, 0.05) is 70.0 Å². The minimum absolute atomic E-state index is 0.0394. The fourth-order valence-electron chi connectivity index (χ4n) is 7.43. The summed E-state index contributed by atoms with van der Waals surface area (Å²) in [5, 5.41) is 12.9. The van der Waals surface area contributed by atoms with E-state index in [9.17, 15) is 19.5 Å².